The molecule has 7 nitrogen and oxygen atoms in total. The van der Waals surface area contributed by atoms with E-state index in [2.05, 4.69) is 14.7 Å². The number of hydrogen-bond donors (Lipinski definition) is 1. The third kappa shape index (κ3) is 3.09. The van der Waals surface area contributed by atoms with Crippen LogP contribution in [0.3, 0.4) is 0 Å². The van der Waals surface area contributed by atoms with Crippen molar-refractivity contribution in [3.05, 3.63) is 64.2 Å². The van der Waals surface area contributed by atoms with Gasteiger partial charge in [0, 0.05) is 18.1 Å². The molecular formula is C16H14N4O3S. The van der Waals surface area contributed by atoms with Crippen LogP contribution < -0.4 is 11.4 Å². The van der Waals surface area contributed by atoms with Gasteiger partial charge in [0.05, 0.1) is 23.6 Å². The number of benzene rings is 1. The fourth-order valence-corrected chi connectivity index (χ4v) is 3.01. The molecule has 0 bridgehead atoms. The van der Waals surface area contributed by atoms with Crippen molar-refractivity contribution in [3.8, 4) is 0 Å². The smallest absolute Gasteiger partial charge is 0.337 e. The lowest BCUT2D eigenvalue weighted by Gasteiger charge is -2.09. The minimum atomic E-state index is -0.486. The standard InChI is InChI=1S/C16H14N4O3S/c1-23-15(22)11-4-5-12-13(7-11)19-16(20(17)14(12)21)24-9-10-3-2-6-18-8-10/h2-8H,9,17H2,1H3. The quantitative estimate of drug-likeness (QED) is 0.332. The molecule has 0 unspecified atom stereocenters. The summed E-state index contributed by atoms with van der Waals surface area (Å²) in [6.07, 6.45) is 3.43. The highest BCUT2D eigenvalue weighted by molar-refractivity contribution is 7.98. The molecule has 0 radical (unpaired) electrons. The Labute approximate surface area is 141 Å². The van der Waals surface area contributed by atoms with Crippen LogP contribution in [-0.2, 0) is 10.5 Å². The van der Waals surface area contributed by atoms with E-state index in [1.807, 2.05) is 12.1 Å². The predicted octanol–water partition coefficient (Wildman–Crippen LogP) is 1.58. The number of hydrogen-bond acceptors (Lipinski definition) is 7. The van der Waals surface area contributed by atoms with Gasteiger partial charge in [-0.3, -0.25) is 9.78 Å². The fraction of sp³-hybridized carbons (Fsp3) is 0.125. The third-order valence-corrected chi connectivity index (χ3v) is 4.40. The van der Waals surface area contributed by atoms with Crippen LogP contribution in [0.4, 0.5) is 0 Å². The first-order chi connectivity index (χ1) is 11.6. The van der Waals surface area contributed by atoms with Gasteiger partial charge in [0.1, 0.15) is 0 Å². The molecule has 0 spiro atoms. The molecule has 2 aromatic heterocycles. The number of nitrogens with two attached hydrogens (primary N) is 1. The number of methoxy groups -OCH3 is 1. The van der Waals surface area contributed by atoms with Crippen LogP contribution in [-0.4, -0.2) is 27.7 Å². The molecule has 0 saturated heterocycles. The monoisotopic (exact) mass is 342 g/mol. The average Bonchev–Trinajstić information content (AvgIpc) is 2.63. The summed E-state index contributed by atoms with van der Waals surface area (Å²) in [5, 5.41) is 0.703. The zero-order valence-corrected chi connectivity index (χ0v) is 13.6. The summed E-state index contributed by atoms with van der Waals surface area (Å²) in [6, 6.07) is 8.32. The molecule has 3 rings (SSSR count). The molecule has 122 valence electrons. The van der Waals surface area contributed by atoms with Crippen molar-refractivity contribution < 1.29 is 9.53 Å². The number of carbonyl (C=O) groups is 1. The molecule has 2 heterocycles. The Morgan fingerprint density at radius 1 is 1.38 bits per heavy atom. The molecule has 2 N–H and O–H groups in total. The molecule has 0 aliphatic rings. The minimum Gasteiger partial charge on any atom is -0.465 e. The van der Waals surface area contributed by atoms with E-state index < -0.39 is 5.97 Å². The van der Waals surface area contributed by atoms with Crippen molar-refractivity contribution in [2.75, 3.05) is 13.0 Å². The van der Waals surface area contributed by atoms with E-state index in [4.69, 9.17) is 5.84 Å². The highest BCUT2D eigenvalue weighted by Crippen LogP contribution is 2.21. The number of pyridine rings is 1. The molecule has 8 heteroatoms. The first-order valence-corrected chi connectivity index (χ1v) is 8.00. The van der Waals surface area contributed by atoms with E-state index in [9.17, 15) is 9.59 Å². The lowest BCUT2D eigenvalue weighted by molar-refractivity contribution is 0.0601. The maximum atomic E-state index is 12.4. The zero-order valence-electron chi connectivity index (χ0n) is 12.8. The number of rotatable bonds is 4. The fourth-order valence-electron chi connectivity index (χ4n) is 2.16. The van der Waals surface area contributed by atoms with Crippen LogP contribution in [0.5, 0.6) is 0 Å². The van der Waals surface area contributed by atoms with Crippen LogP contribution >= 0.6 is 11.8 Å². The summed E-state index contributed by atoms with van der Waals surface area (Å²) in [5.74, 6) is 5.93. The first-order valence-electron chi connectivity index (χ1n) is 7.02. The summed E-state index contributed by atoms with van der Waals surface area (Å²) in [4.78, 5) is 32.4. The number of thioether (sulfide) groups is 1. The lowest BCUT2D eigenvalue weighted by Crippen LogP contribution is -2.29. The lowest BCUT2D eigenvalue weighted by atomic mass is 10.1. The normalized spacial score (nSPS) is 10.7. The summed E-state index contributed by atoms with van der Waals surface area (Å²) >= 11 is 1.32. The van der Waals surface area contributed by atoms with Crippen LogP contribution in [0.2, 0.25) is 0 Å². The van der Waals surface area contributed by atoms with Crippen LogP contribution in [0.25, 0.3) is 10.9 Å². The molecule has 1 aromatic carbocycles. The van der Waals surface area contributed by atoms with Gasteiger partial charge in [0.25, 0.3) is 5.56 Å². The number of esters is 1. The Morgan fingerprint density at radius 2 is 2.21 bits per heavy atom. The number of carbonyl (C=O) groups excluding carboxylic acids is 1. The van der Waals surface area contributed by atoms with E-state index >= 15 is 0 Å². The molecule has 0 atom stereocenters. The van der Waals surface area contributed by atoms with Gasteiger partial charge in [-0.05, 0) is 29.8 Å². The van der Waals surface area contributed by atoms with Gasteiger partial charge < -0.3 is 10.6 Å². The van der Waals surface area contributed by atoms with Gasteiger partial charge in [-0.15, -0.1) is 0 Å². The van der Waals surface area contributed by atoms with Gasteiger partial charge in [-0.1, -0.05) is 17.8 Å². The molecular weight excluding hydrogens is 328 g/mol. The Kier molecular flexibility index (Phi) is 4.48. The second-order valence-electron chi connectivity index (χ2n) is 4.94. The molecule has 3 aromatic rings. The Morgan fingerprint density at radius 3 is 2.92 bits per heavy atom. The van der Waals surface area contributed by atoms with Crippen molar-refractivity contribution >= 4 is 28.6 Å². The van der Waals surface area contributed by atoms with Crippen molar-refractivity contribution in [1.82, 2.24) is 14.6 Å². The highest BCUT2D eigenvalue weighted by atomic mass is 32.2. The number of nitrogen functional groups attached to an aromatic ring is 1. The van der Waals surface area contributed by atoms with Crippen LogP contribution in [0, 0.1) is 0 Å². The predicted molar refractivity (Wildman–Crippen MR) is 91.3 cm³/mol. The second-order valence-corrected chi connectivity index (χ2v) is 5.89. The van der Waals surface area contributed by atoms with E-state index in [0.29, 0.717) is 27.4 Å². The molecule has 0 amide bonds. The zero-order chi connectivity index (χ0) is 17.1. The number of fused-ring (bicyclic) bond motifs is 1. The minimum absolute atomic E-state index is 0.329. The number of nitrogens with zero attached hydrogens (tertiary/aromatic N) is 3. The van der Waals surface area contributed by atoms with Crippen molar-refractivity contribution in [1.29, 1.82) is 0 Å². The number of aromatic nitrogens is 3. The summed E-state index contributed by atoms with van der Waals surface area (Å²) in [5.41, 5.74) is 1.35. The van der Waals surface area contributed by atoms with Gasteiger partial charge in [0.2, 0.25) is 0 Å². The second kappa shape index (κ2) is 6.71. The van der Waals surface area contributed by atoms with Gasteiger partial charge in [0.15, 0.2) is 5.16 Å². The Hall–Kier alpha value is -2.87. The Bertz CT molecular complexity index is 957. The molecule has 0 aliphatic heterocycles. The van der Waals surface area contributed by atoms with Crippen LogP contribution in [0.15, 0.2) is 52.7 Å². The maximum absolute atomic E-state index is 12.4. The van der Waals surface area contributed by atoms with E-state index in [1.54, 1.807) is 12.4 Å². The van der Waals surface area contributed by atoms with Gasteiger partial charge >= 0.3 is 5.97 Å². The third-order valence-electron chi connectivity index (χ3n) is 3.38. The number of ether oxygens (including phenoxy) is 1. The summed E-state index contributed by atoms with van der Waals surface area (Å²) in [6.45, 7) is 0. The molecule has 24 heavy (non-hydrogen) atoms. The maximum Gasteiger partial charge on any atom is 0.337 e. The summed E-state index contributed by atoms with van der Waals surface area (Å²) in [7, 11) is 1.30. The highest BCUT2D eigenvalue weighted by Gasteiger charge is 2.13. The van der Waals surface area contributed by atoms with Crippen molar-refractivity contribution in [3.63, 3.8) is 0 Å². The van der Waals surface area contributed by atoms with E-state index in [0.717, 1.165) is 10.2 Å². The molecule has 0 aliphatic carbocycles. The topological polar surface area (TPSA) is 100 Å². The molecule has 0 saturated carbocycles. The van der Waals surface area contributed by atoms with Crippen LogP contribution in [0.1, 0.15) is 15.9 Å². The average molecular weight is 342 g/mol. The largest absolute Gasteiger partial charge is 0.465 e. The summed E-state index contributed by atoms with van der Waals surface area (Å²) < 4.78 is 5.70. The molecule has 0 fully saturated rings. The van der Waals surface area contributed by atoms with E-state index in [-0.39, 0.29) is 5.56 Å². The van der Waals surface area contributed by atoms with Crippen molar-refractivity contribution in [2.45, 2.75) is 10.9 Å². The van der Waals surface area contributed by atoms with Crippen molar-refractivity contribution in [2.24, 2.45) is 0 Å². The van der Waals surface area contributed by atoms with E-state index in [1.165, 1.54) is 37.1 Å². The van der Waals surface area contributed by atoms with Gasteiger partial charge in [-0.2, -0.15) is 0 Å². The SMILES string of the molecule is COC(=O)c1ccc2c(=O)n(N)c(SCc3cccnc3)nc2c1. The first kappa shape index (κ1) is 16.0. The van der Waals surface area contributed by atoms with Gasteiger partial charge in [-0.25, -0.2) is 14.5 Å². The Balaban J connectivity index is 1.99.